The minimum atomic E-state index is -1.15. The Bertz CT molecular complexity index is 731. The molecule has 2 amide bonds. The summed E-state index contributed by atoms with van der Waals surface area (Å²) in [5, 5.41) is 12.1. The Hall–Kier alpha value is -1.86. The number of hydrogen-bond acceptors (Lipinski definition) is 5. The van der Waals surface area contributed by atoms with Crippen LogP contribution in [-0.4, -0.2) is 54.3 Å². The minimum absolute atomic E-state index is 0.0892. The zero-order chi connectivity index (χ0) is 20.2. The number of nitrogens with one attached hydrogen (secondary N) is 1. The summed E-state index contributed by atoms with van der Waals surface area (Å²) in [6.45, 7) is 5.52. The van der Waals surface area contributed by atoms with Crippen molar-refractivity contribution in [3.8, 4) is 6.07 Å². The standard InChI is InChI=1S/C19H24IN3O4/c1-18(2,3)27-17(25)23-11-19(12-23,26-4)16(24)22-15(10-21)9-13-5-7-14(20)8-6-13/h5-8,15H,9,11-12H2,1-4H3,(H,22,24)/t15-/m0/s1. The van der Waals surface area contributed by atoms with Crippen molar-refractivity contribution in [3.05, 3.63) is 33.4 Å². The average Bonchev–Trinajstić information content (AvgIpc) is 2.54. The number of likely N-dealkylation sites (tertiary alicyclic amines) is 1. The molecule has 1 aromatic carbocycles. The van der Waals surface area contributed by atoms with E-state index in [4.69, 9.17) is 9.47 Å². The van der Waals surface area contributed by atoms with Gasteiger partial charge in [0, 0.05) is 17.1 Å². The maximum Gasteiger partial charge on any atom is 0.410 e. The first-order valence-electron chi connectivity index (χ1n) is 8.57. The molecule has 7 nitrogen and oxygen atoms in total. The van der Waals surface area contributed by atoms with Crippen LogP contribution >= 0.6 is 22.6 Å². The zero-order valence-corrected chi connectivity index (χ0v) is 18.1. The molecule has 0 aromatic heterocycles. The van der Waals surface area contributed by atoms with Gasteiger partial charge in [-0.1, -0.05) is 12.1 Å². The molecule has 1 N–H and O–H groups in total. The normalized spacial score (nSPS) is 16.7. The Kier molecular flexibility index (Phi) is 6.70. The van der Waals surface area contributed by atoms with E-state index in [1.54, 1.807) is 20.8 Å². The Morgan fingerprint density at radius 1 is 1.33 bits per heavy atom. The SMILES string of the molecule is COC1(C(=O)N[C@H](C#N)Cc2ccc(I)cc2)CN(C(=O)OC(C)(C)C)C1. The van der Waals surface area contributed by atoms with Crippen molar-refractivity contribution in [3.63, 3.8) is 0 Å². The Morgan fingerprint density at radius 2 is 1.93 bits per heavy atom. The van der Waals surface area contributed by atoms with Gasteiger partial charge in [-0.25, -0.2) is 4.79 Å². The lowest BCUT2D eigenvalue weighted by Crippen LogP contribution is -2.71. The molecule has 1 atom stereocenters. The molecule has 0 aliphatic carbocycles. The van der Waals surface area contributed by atoms with Gasteiger partial charge in [-0.15, -0.1) is 0 Å². The summed E-state index contributed by atoms with van der Waals surface area (Å²) in [5.41, 5.74) is -0.806. The molecule has 1 heterocycles. The minimum Gasteiger partial charge on any atom is -0.444 e. The fraction of sp³-hybridized carbons (Fsp3) is 0.526. The molecule has 1 saturated heterocycles. The van der Waals surface area contributed by atoms with Crippen molar-refractivity contribution in [2.75, 3.05) is 20.2 Å². The second kappa shape index (κ2) is 8.44. The molecule has 1 aliphatic rings. The zero-order valence-electron chi connectivity index (χ0n) is 15.9. The van der Waals surface area contributed by atoms with Gasteiger partial charge in [0.2, 0.25) is 0 Å². The van der Waals surface area contributed by atoms with Gasteiger partial charge in [-0.05, 0) is 61.1 Å². The molecular weight excluding hydrogens is 461 g/mol. The second-order valence-corrected chi connectivity index (χ2v) is 8.77. The lowest BCUT2D eigenvalue weighted by atomic mass is 9.92. The van der Waals surface area contributed by atoms with Gasteiger partial charge >= 0.3 is 6.09 Å². The molecule has 0 unspecified atom stereocenters. The summed E-state index contributed by atoms with van der Waals surface area (Å²) in [7, 11) is 1.42. The van der Waals surface area contributed by atoms with E-state index in [2.05, 4.69) is 34.0 Å². The summed E-state index contributed by atoms with van der Waals surface area (Å²) < 4.78 is 11.8. The fourth-order valence-electron chi connectivity index (χ4n) is 2.67. The summed E-state index contributed by atoms with van der Waals surface area (Å²) >= 11 is 2.21. The largest absolute Gasteiger partial charge is 0.444 e. The fourth-order valence-corrected chi connectivity index (χ4v) is 3.03. The van der Waals surface area contributed by atoms with E-state index >= 15 is 0 Å². The molecule has 2 rings (SSSR count). The van der Waals surface area contributed by atoms with Crippen LogP contribution in [0.2, 0.25) is 0 Å². The highest BCUT2D eigenvalue weighted by Gasteiger charge is 2.53. The van der Waals surface area contributed by atoms with E-state index in [0.717, 1.165) is 9.13 Å². The van der Waals surface area contributed by atoms with E-state index in [9.17, 15) is 14.9 Å². The molecule has 0 saturated carbocycles. The Balaban J connectivity index is 1.95. The first-order chi connectivity index (χ1) is 12.6. The van der Waals surface area contributed by atoms with Crippen molar-refractivity contribution >= 4 is 34.6 Å². The van der Waals surface area contributed by atoms with E-state index in [0.29, 0.717) is 6.42 Å². The average molecular weight is 485 g/mol. The van der Waals surface area contributed by atoms with Crippen LogP contribution in [0.1, 0.15) is 26.3 Å². The summed E-state index contributed by atoms with van der Waals surface area (Å²) in [5.74, 6) is -0.401. The molecule has 0 spiro atoms. The number of rotatable bonds is 5. The van der Waals surface area contributed by atoms with E-state index in [1.807, 2.05) is 24.3 Å². The second-order valence-electron chi connectivity index (χ2n) is 7.52. The van der Waals surface area contributed by atoms with Crippen molar-refractivity contribution in [2.45, 2.75) is 44.4 Å². The van der Waals surface area contributed by atoms with Crippen molar-refractivity contribution in [2.24, 2.45) is 0 Å². The number of nitriles is 1. The molecule has 0 bridgehead atoms. The molecule has 146 valence electrons. The van der Waals surface area contributed by atoms with Crippen LogP contribution in [0.4, 0.5) is 4.79 Å². The number of amides is 2. The van der Waals surface area contributed by atoms with Crippen LogP contribution in [0.5, 0.6) is 0 Å². The number of carbonyl (C=O) groups is 2. The van der Waals surface area contributed by atoms with Gasteiger partial charge < -0.3 is 19.7 Å². The first kappa shape index (κ1) is 21.4. The number of carbonyl (C=O) groups excluding carboxylic acids is 2. The highest BCUT2D eigenvalue weighted by molar-refractivity contribution is 14.1. The smallest absolute Gasteiger partial charge is 0.410 e. The van der Waals surface area contributed by atoms with Crippen LogP contribution in [0, 0.1) is 14.9 Å². The van der Waals surface area contributed by atoms with Crippen LogP contribution < -0.4 is 5.32 Å². The number of nitrogens with zero attached hydrogens (tertiary/aromatic N) is 2. The van der Waals surface area contributed by atoms with E-state index < -0.39 is 29.2 Å². The predicted molar refractivity (Wildman–Crippen MR) is 108 cm³/mol. The van der Waals surface area contributed by atoms with Gasteiger partial charge in [0.25, 0.3) is 5.91 Å². The highest BCUT2D eigenvalue weighted by atomic mass is 127. The summed E-state index contributed by atoms with van der Waals surface area (Å²) in [4.78, 5) is 26.2. The maximum absolute atomic E-state index is 12.7. The van der Waals surface area contributed by atoms with Gasteiger partial charge in [-0.3, -0.25) is 4.79 Å². The molecular formula is C19H24IN3O4. The van der Waals surface area contributed by atoms with Gasteiger partial charge in [0.05, 0.1) is 19.2 Å². The van der Waals surface area contributed by atoms with Crippen molar-refractivity contribution in [1.82, 2.24) is 10.2 Å². The number of benzene rings is 1. The third kappa shape index (κ3) is 5.56. The van der Waals surface area contributed by atoms with Gasteiger partial charge in [0.15, 0.2) is 5.60 Å². The van der Waals surface area contributed by atoms with Crippen LogP contribution in [-0.2, 0) is 20.7 Å². The van der Waals surface area contributed by atoms with Gasteiger partial charge in [-0.2, -0.15) is 5.26 Å². The highest BCUT2D eigenvalue weighted by Crippen LogP contribution is 2.27. The quantitative estimate of drug-likeness (QED) is 0.648. The molecule has 1 aliphatic heterocycles. The Morgan fingerprint density at radius 3 is 2.41 bits per heavy atom. The third-order valence-corrected chi connectivity index (χ3v) is 4.88. The van der Waals surface area contributed by atoms with Crippen molar-refractivity contribution in [1.29, 1.82) is 5.26 Å². The molecule has 1 fully saturated rings. The van der Waals surface area contributed by atoms with Crippen molar-refractivity contribution < 1.29 is 19.1 Å². The summed E-state index contributed by atoms with van der Waals surface area (Å²) in [6.07, 6.45) is -0.0898. The lowest BCUT2D eigenvalue weighted by molar-refractivity contribution is -0.164. The third-order valence-electron chi connectivity index (χ3n) is 4.16. The topological polar surface area (TPSA) is 91.7 Å². The number of methoxy groups -OCH3 is 1. The molecule has 27 heavy (non-hydrogen) atoms. The van der Waals surface area contributed by atoms with E-state index in [1.165, 1.54) is 12.0 Å². The summed E-state index contributed by atoms with van der Waals surface area (Å²) in [6, 6.07) is 9.19. The number of halogens is 1. The number of ether oxygens (including phenoxy) is 2. The van der Waals surface area contributed by atoms with Crippen LogP contribution in [0.15, 0.2) is 24.3 Å². The monoisotopic (exact) mass is 485 g/mol. The molecule has 0 radical (unpaired) electrons. The lowest BCUT2D eigenvalue weighted by Gasteiger charge is -2.47. The maximum atomic E-state index is 12.7. The molecule has 1 aromatic rings. The van der Waals surface area contributed by atoms with Crippen LogP contribution in [0.3, 0.4) is 0 Å². The first-order valence-corrected chi connectivity index (χ1v) is 9.64. The predicted octanol–water partition coefficient (Wildman–Crippen LogP) is 2.48. The Labute approximate surface area is 173 Å². The number of hydrogen-bond donors (Lipinski definition) is 1. The van der Waals surface area contributed by atoms with Crippen LogP contribution in [0.25, 0.3) is 0 Å². The van der Waals surface area contributed by atoms with E-state index in [-0.39, 0.29) is 13.1 Å². The molecule has 8 heteroatoms. The van der Waals surface area contributed by atoms with Gasteiger partial charge in [0.1, 0.15) is 11.6 Å².